The fraction of sp³-hybridized carbons (Fsp3) is 0.343. The maximum absolute atomic E-state index is 14.6. The summed E-state index contributed by atoms with van der Waals surface area (Å²) in [6.07, 6.45) is -4.66. The van der Waals surface area contributed by atoms with Crippen molar-refractivity contribution in [1.82, 2.24) is 15.1 Å². The number of halogens is 4. The smallest absolute Gasteiger partial charge is 0.415 e. The second-order valence-corrected chi connectivity index (χ2v) is 18.0. The molecule has 248 valence electrons. The molecule has 0 saturated heterocycles. The molecule has 4 aromatic rings. The zero-order valence-electron chi connectivity index (χ0n) is 27.2. The summed E-state index contributed by atoms with van der Waals surface area (Å²) >= 11 is 0. The van der Waals surface area contributed by atoms with Crippen LogP contribution in [0, 0.1) is 12.7 Å². The number of nitrogens with one attached hydrogen (secondary N) is 1. The van der Waals surface area contributed by atoms with Gasteiger partial charge in [0, 0.05) is 23.6 Å². The highest BCUT2D eigenvalue weighted by atomic mass is 28.4. The first-order valence-electron chi connectivity index (χ1n) is 15.3. The fourth-order valence-electron chi connectivity index (χ4n) is 5.54. The van der Waals surface area contributed by atoms with Crippen LogP contribution in [0.5, 0.6) is 0 Å². The van der Waals surface area contributed by atoms with E-state index in [0.717, 1.165) is 18.2 Å². The van der Waals surface area contributed by atoms with Crippen LogP contribution < -0.4 is 10.2 Å². The van der Waals surface area contributed by atoms with Crippen molar-refractivity contribution in [3.8, 4) is 5.69 Å². The van der Waals surface area contributed by atoms with E-state index < -0.39 is 49.6 Å². The molecule has 0 radical (unpaired) electrons. The molecule has 0 bridgehead atoms. The average Bonchev–Trinajstić information content (AvgIpc) is 3.35. The average molecular weight is 667 g/mol. The normalized spacial score (nSPS) is 17.1. The van der Waals surface area contributed by atoms with E-state index in [4.69, 9.17) is 9.52 Å². The first-order valence-corrected chi connectivity index (χ1v) is 18.2. The van der Waals surface area contributed by atoms with Gasteiger partial charge in [-0.1, -0.05) is 57.2 Å². The molecule has 47 heavy (non-hydrogen) atoms. The molecule has 2 amide bonds. The van der Waals surface area contributed by atoms with Crippen molar-refractivity contribution in [2.75, 3.05) is 18.1 Å². The van der Waals surface area contributed by atoms with Crippen LogP contribution in [0.2, 0.25) is 18.1 Å². The number of para-hydroxylation sites is 1. The number of benzene rings is 3. The number of hydrogen-bond donors (Lipinski definition) is 1. The number of alkyl halides is 3. The number of hydrogen-bond acceptors (Lipinski definition) is 4. The summed E-state index contributed by atoms with van der Waals surface area (Å²) in [6, 6.07) is 17.7. The van der Waals surface area contributed by atoms with Crippen LogP contribution in [0.4, 0.5) is 23.4 Å². The van der Waals surface area contributed by atoms with Crippen LogP contribution in [0.25, 0.3) is 5.69 Å². The Balaban J connectivity index is 1.64. The number of amides is 2. The molecule has 1 aliphatic rings. The lowest BCUT2D eigenvalue weighted by atomic mass is 9.81. The first-order chi connectivity index (χ1) is 22.0. The summed E-state index contributed by atoms with van der Waals surface area (Å²) in [4.78, 5) is 29.8. The predicted octanol–water partition coefficient (Wildman–Crippen LogP) is 7.64. The molecule has 2 atom stereocenters. The Morgan fingerprint density at radius 2 is 1.64 bits per heavy atom. The molecule has 0 unspecified atom stereocenters. The van der Waals surface area contributed by atoms with Crippen molar-refractivity contribution in [1.29, 1.82) is 0 Å². The third-order valence-corrected chi connectivity index (χ3v) is 13.6. The first kappa shape index (κ1) is 34.1. The molecule has 0 aliphatic carbocycles. The Morgan fingerprint density at radius 3 is 2.26 bits per heavy atom. The molecule has 2 heterocycles. The van der Waals surface area contributed by atoms with Gasteiger partial charge in [-0.05, 0) is 73.1 Å². The highest BCUT2D eigenvalue weighted by Gasteiger charge is 2.46. The van der Waals surface area contributed by atoms with E-state index in [1.807, 2.05) is 30.3 Å². The lowest BCUT2D eigenvalue weighted by Crippen LogP contribution is -2.56. The summed E-state index contributed by atoms with van der Waals surface area (Å²) in [5.74, 6) is -2.18. The zero-order chi connectivity index (χ0) is 34.3. The summed E-state index contributed by atoms with van der Waals surface area (Å²) in [5, 5.41) is 7.49. The van der Waals surface area contributed by atoms with Crippen LogP contribution in [0.3, 0.4) is 0 Å². The molecule has 0 fully saturated rings. The molecule has 0 spiro atoms. The molecule has 5 rings (SSSR count). The van der Waals surface area contributed by atoms with E-state index in [1.165, 1.54) is 35.2 Å². The minimum atomic E-state index is -4.66. The molecule has 12 heteroatoms. The molecule has 7 nitrogen and oxygen atoms in total. The van der Waals surface area contributed by atoms with E-state index in [9.17, 15) is 27.2 Å². The van der Waals surface area contributed by atoms with Gasteiger partial charge in [0.1, 0.15) is 17.7 Å². The van der Waals surface area contributed by atoms with Gasteiger partial charge in [-0.3, -0.25) is 14.5 Å². The lowest BCUT2D eigenvalue weighted by Gasteiger charge is -2.40. The van der Waals surface area contributed by atoms with Crippen LogP contribution in [0.1, 0.15) is 59.4 Å². The van der Waals surface area contributed by atoms with Crippen molar-refractivity contribution in [2.24, 2.45) is 0 Å². The summed E-state index contributed by atoms with van der Waals surface area (Å²) in [7, 11) is -2.21. The number of nitrogens with zero attached hydrogens (tertiary/aromatic N) is 3. The number of carbonyl (C=O) groups excluding carboxylic acids is 2. The second kappa shape index (κ2) is 12.7. The number of aromatic nitrogens is 2. The van der Waals surface area contributed by atoms with Crippen LogP contribution >= 0.6 is 0 Å². The van der Waals surface area contributed by atoms with Gasteiger partial charge >= 0.3 is 6.18 Å². The predicted molar refractivity (Wildman–Crippen MR) is 175 cm³/mol. The Morgan fingerprint density at radius 1 is 0.979 bits per heavy atom. The second-order valence-electron chi connectivity index (χ2n) is 13.2. The summed E-state index contributed by atoms with van der Waals surface area (Å²) in [6.45, 7) is 12.7. The van der Waals surface area contributed by atoms with Gasteiger partial charge in [0.25, 0.3) is 11.8 Å². The third-order valence-electron chi connectivity index (χ3n) is 9.07. The van der Waals surface area contributed by atoms with Gasteiger partial charge in [-0.2, -0.15) is 18.3 Å². The Kier molecular flexibility index (Phi) is 9.22. The van der Waals surface area contributed by atoms with Crippen LogP contribution in [0.15, 0.2) is 78.9 Å². The van der Waals surface area contributed by atoms with E-state index >= 15 is 0 Å². The number of anilines is 1. The van der Waals surface area contributed by atoms with Crippen molar-refractivity contribution in [3.63, 3.8) is 0 Å². The Labute approximate surface area is 272 Å². The maximum Gasteiger partial charge on any atom is 0.416 e. The zero-order valence-corrected chi connectivity index (χ0v) is 28.2. The molecule has 3 aromatic carbocycles. The van der Waals surface area contributed by atoms with E-state index in [0.29, 0.717) is 28.3 Å². The number of rotatable bonds is 8. The summed E-state index contributed by atoms with van der Waals surface area (Å²) < 4.78 is 62.8. The van der Waals surface area contributed by atoms with E-state index in [2.05, 4.69) is 39.2 Å². The topological polar surface area (TPSA) is 76.5 Å². The minimum absolute atomic E-state index is 0.0817. The molecular formula is C35H38F4N4O3Si. The molecule has 1 aliphatic heterocycles. The molecule has 0 saturated carbocycles. The Bertz CT molecular complexity index is 1770. The quantitative estimate of drug-likeness (QED) is 0.155. The van der Waals surface area contributed by atoms with Crippen LogP contribution in [-0.2, 0) is 15.4 Å². The van der Waals surface area contributed by atoms with Crippen molar-refractivity contribution >= 4 is 25.9 Å². The van der Waals surface area contributed by atoms with E-state index in [-0.39, 0.29) is 23.8 Å². The van der Waals surface area contributed by atoms with Crippen molar-refractivity contribution < 1.29 is 31.6 Å². The summed E-state index contributed by atoms with van der Waals surface area (Å²) in [5.41, 5.74) is 1.19. The van der Waals surface area contributed by atoms with Gasteiger partial charge in [-0.25, -0.2) is 9.07 Å². The SMILES string of the molecule is Cc1nn(-c2ccccc2)c2c1[C@H](c1ccc(F)cc1)[C@H](NC(=O)c1cccc(C(F)(F)F)c1)C(=O)N2CCO[Si](C)(C)C(C)(C)C. The monoisotopic (exact) mass is 666 g/mol. The van der Waals surface area contributed by atoms with Crippen LogP contribution in [-0.4, -0.2) is 49.1 Å². The van der Waals surface area contributed by atoms with Gasteiger partial charge in [0.05, 0.1) is 23.6 Å². The van der Waals surface area contributed by atoms with Gasteiger partial charge in [0.15, 0.2) is 8.32 Å². The molecule has 1 aromatic heterocycles. The van der Waals surface area contributed by atoms with Gasteiger partial charge in [0.2, 0.25) is 0 Å². The number of carbonyl (C=O) groups is 2. The number of fused-ring (bicyclic) bond motifs is 1. The van der Waals surface area contributed by atoms with Gasteiger partial charge in [-0.15, -0.1) is 0 Å². The number of aryl methyl sites for hydroxylation is 1. The molecular weight excluding hydrogens is 628 g/mol. The largest absolute Gasteiger partial charge is 0.416 e. The van der Waals surface area contributed by atoms with Crippen molar-refractivity contribution in [2.45, 2.75) is 64.0 Å². The minimum Gasteiger partial charge on any atom is -0.415 e. The fourth-order valence-corrected chi connectivity index (χ4v) is 6.58. The maximum atomic E-state index is 14.6. The lowest BCUT2D eigenvalue weighted by molar-refractivity contribution is -0.137. The van der Waals surface area contributed by atoms with Gasteiger partial charge < -0.3 is 9.74 Å². The standard InChI is InChI=1S/C35H38F4N4O3Si/c1-22-28-29(23-15-17-26(36)18-16-23)30(40-31(44)24-11-10-12-25(21-24)35(37,38)39)33(45)42(19-20-46-47(5,6)34(2,3)4)32(28)43(41-22)27-13-8-7-9-14-27/h7-18,21,29-30H,19-20H2,1-6H3,(H,40,44)/t29-,30-/m0/s1. The van der Waals surface area contributed by atoms with Crippen molar-refractivity contribution in [3.05, 3.63) is 113 Å². The highest BCUT2D eigenvalue weighted by Crippen LogP contribution is 2.44. The molecule has 1 N–H and O–H groups in total. The van der Waals surface area contributed by atoms with E-state index in [1.54, 1.807) is 11.6 Å². The Hall–Kier alpha value is -4.29. The highest BCUT2D eigenvalue weighted by molar-refractivity contribution is 6.74. The third kappa shape index (κ3) is 6.89.